The van der Waals surface area contributed by atoms with Crippen molar-refractivity contribution in [2.45, 2.75) is 39.2 Å². The predicted molar refractivity (Wildman–Crippen MR) is 130 cm³/mol. The van der Waals surface area contributed by atoms with Gasteiger partial charge in [-0.2, -0.15) is 0 Å². The molecule has 7 nitrogen and oxygen atoms in total. The summed E-state index contributed by atoms with van der Waals surface area (Å²) >= 11 is 0. The summed E-state index contributed by atoms with van der Waals surface area (Å²) < 4.78 is 38.2. The number of ether oxygens (including phenoxy) is 3. The second-order valence-electron chi connectivity index (χ2n) is 7.79. The molecule has 0 aliphatic carbocycles. The number of methoxy groups -OCH3 is 2. The van der Waals surface area contributed by atoms with Crippen LogP contribution >= 0.6 is 0 Å². The van der Waals surface area contributed by atoms with Crippen molar-refractivity contribution in [3.05, 3.63) is 54.8 Å². The van der Waals surface area contributed by atoms with Crippen LogP contribution in [0.5, 0.6) is 17.2 Å². The van der Waals surface area contributed by atoms with Gasteiger partial charge in [0.25, 0.3) is 0 Å². The van der Waals surface area contributed by atoms with Gasteiger partial charge >= 0.3 is 0 Å². The minimum atomic E-state index is -0.514. The molecule has 4 rings (SSSR count). The van der Waals surface area contributed by atoms with Gasteiger partial charge in [0, 0.05) is 11.5 Å². The monoisotopic (exact) mass is 465 g/mol. The van der Waals surface area contributed by atoms with E-state index in [0.29, 0.717) is 45.3 Å². The topological polar surface area (TPSA) is 78.6 Å². The smallest absolute Gasteiger partial charge is 0.162 e. The van der Waals surface area contributed by atoms with Crippen LogP contribution in [0, 0.1) is 5.82 Å². The van der Waals surface area contributed by atoms with Crippen molar-refractivity contribution in [1.82, 2.24) is 9.97 Å². The number of anilines is 2. The van der Waals surface area contributed by atoms with Gasteiger partial charge in [-0.25, -0.2) is 14.4 Å². The quantitative estimate of drug-likeness (QED) is 0.278. The lowest BCUT2D eigenvalue weighted by atomic mass is 10.1. The standard InChI is InChI=1S/C26H28FN3O4/c1-5-8-16(6-2)34-23-13-18-19(14-22(23)32-4)28-15-29-26(18)30-25-21(31-3)11-10-17(24(25)27)20-9-7-12-33-20/h7,9-16H,5-6,8H2,1-4H3,(H,28,29,30). The van der Waals surface area contributed by atoms with E-state index in [4.69, 9.17) is 18.6 Å². The number of halogens is 1. The molecule has 2 aromatic heterocycles. The number of benzene rings is 2. The van der Waals surface area contributed by atoms with E-state index in [0.717, 1.165) is 19.3 Å². The van der Waals surface area contributed by atoms with Gasteiger partial charge in [-0.05, 0) is 43.2 Å². The number of nitrogens with zero attached hydrogens (tertiary/aromatic N) is 2. The molecule has 0 amide bonds. The zero-order chi connectivity index (χ0) is 24.1. The van der Waals surface area contributed by atoms with Crippen molar-refractivity contribution in [2.24, 2.45) is 0 Å². The van der Waals surface area contributed by atoms with Crippen molar-refractivity contribution < 1.29 is 23.0 Å². The molecule has 1 atom stereocenters. The van der Waals surface area contributed by atoms with Gasteiger partial charge in [-0.15, -0.1) is 0 Å². The first-order chi connectivity index (χ1) is 16.6. The number of furan rings is 1. The molecule has 0 saturated carbocycles. The lowest BCUT2D eigenvalue weighted by Gasteiger charge is -2.20. The van der Waals surface area contributed by atoms with E-state index < -0.39 is 5.82 Å². The Morgan fingerprint density at radius 3 is 2.53 bits per heavy atom. The van der Waals surface area contributed by atoms with Gasteiger partial charge in [0.15, 0.2) is 17.3 Å². The third kappa shape index (κ3) is 4.62. The van der Waals surface area contributed by atoms with E-state index >= 15 is 4.39 Å². The number of hydrogen-bond acceptors (Lipinski definition) is 7. The van der Waals surface area contributed by atoms with E-state index in [1.54, 1.807) is 37.4 Å². The van der Waals surface area contributed by atoms with Gasteiger partial charge in [-0.3, -0.25) is 0 Å². The number of nitrogens with one attached hydrogen (secondary N) is 1. The van der Waals surface area contributed by atoms with Gasteiger partial charge in [-0.1, -0.05) is 20.3 Å². The Balaban J connectivity index is 1.80. The van der Waals surface area contributed by atoms with Crippen LogP contribution in [-0.4, -0.2) is 30.3 Å². The maximum Gasteiger partial charge on any atom is 0.162 e. The van der Waals surface area contributed by atoms with Crippen LogP contribution in [-0.2, 0) is 0 Å². The summed E-state index contributed by atoms with van der Waals surface area (Å²) in [5.74, 6) is 1.81. The molecule has 34 heavy (non-hydrogen) atoms. The Bertz CT molecular complexity index is 1260. The van der Waals surface area contributed by atoms with Crippen molar-refractivity contribution in [3.63, 3.8) is 0 Å². The maximum atomic E-state index is 15.6. The van der Waals surface area contributed by atoms with Crippen LogP contribution in [0.4, 0.5) is 15.9 Å². The molecule has 2 heterocycles. The zero-order valence-electron chi connectivity index (χ0n) is 19.7. The molecule has 0 fully saturated rings. The summed E-state index contributed by atoms with van der Waals surface area (Å²) in [6.07, 6.45) is 5.77. The molecule has 0 aliphatic rings. The average molecular weight is 466 g/mol. The molecular weight excluding hydrogens is 437 g/mol. The van der Waals surface area contributed by atoms with E-state index in [1.807, 2.05) is 6.07 Å². The number of rotatable bonds is 10. The number of fused-ring (bicyclic) bond motifs is 1. The van der Waals surface area contributed by atoms with Crippen LogP contribution in [0.25, 0.3) is 22.2 Å². The Morgan fingerprint density at radius 1 is 1.03 bits per heavy atom. The Labute approximate surface area is 197 Å². The molecular formula is C26H28FN3O4. The second kappa shape index (κ2) is 10.4. The van der Waals surface area contributed by atoms with E-state index in [1.165, 1.54) is 19.7 Å². The lowest BCUT2D eigenvalue weighted by molar-refractivity contribution is 0.178. The number of aromatic nitrogens is 2. The van der Waals surface area contributed by atoms with Crippen LogP contribution in [0.1, 0.15) is 33.1 Å². The first-order valence-electron chi connectivity index (χ1n) is 11.3. The molecule has 1 N–H and O–H groups in total. The molecule has 0 aliphatic heterocycles. The maximum absolute atomic E-state index is 15.6. The first-order valence-corrected chi connectivity index (χ1v) is 11.3. The van der Waals surface area contributed by atoms with Gasteiger partial charge in [0.05, 0.1) is 37.7 Å². The van der Waals surface area contributed by atoms with Crippen LogP contribution in [0.3, 0.4) is 0 Å². The molecule has 0 bridgehead atoms. The minimum Gasteiger partial charge on any atom is -0.494 e. The van der Waals surface area contributed by atoms with E-state index in [2.05, 4.69) is 29.1 Å². The summed E-state index contributed by atoms with van der Waals surface area (Å²) in [6, 6.07) is 10.3. The molecule has 0 spiro atoms. The largest absolute Gasteiger partial charge is 0.494 e. The highest BCUT2D eigenvalue weighted by Crippen LogP contribution is 2.40. The number of hydrogen-bond donors (Lipinski definition) is 1. The van der Waals surface area contributed by atoms with Gasteiger partial charge in [0.2, 0.25) is 0 Å². The predicted octanol–water partition coefficient (Wildman–Crippen LogP) is 6.75. The first kappa shape index (κ1) is 23.4. The lowest BCUT2D eigenvalue weighted by Crippen LogP contribution is -2.15. The Hall–Kier alpha value is -3.81. The third-order valence-electron chi connectivity index (χ3n) is 5.63. The summed E-state index contributed by atoms with van der Waals surface area (Å²) in [7, 11) is 3.08. The molecule has 2 aromatic carbocycles. The highest BCUT2D eigenvalue weighted by atomic mass is 19.1. The summed E-state index contributed by atoms with van der Waals surface area (Å²) in [5, 5.41) is 3.77. The molecule has 0 radical (unpaired) electrons. The zero-order valence-corrected chi connectivity index (χ0v) is 19.7. The summed E-state index contributed by atoms with van der Waals surface area (Å²) in [6.45, 7) is 4.21. The normalized spacial score (nSPS) is 11.9. The minimum absolute atomic E-state index is 0.0555. The van der Waals surface area contributed by atoms with Crippen molar-refractivity contribution in [1.29, 1.82) is 0 Å². The van der Waals surface area contributed by atoms with Crippen LogP contribution in [0.2, 0.25) is 0 Å². The Morgan fingerprint density at radius 2 is 1.85 bits per heavy atom. The third-order valence-corrected chi connectivity index (χ3v) is 5.63. The molecule has 8 heteroatoms. The van der Waals surface area contributed by atoms with Gasteiger partial charge in [0.1, 0.15) is 29.3 Å². The highest BCUT2D eigenvalue weighted by molar-refractivity contribution is 5.93. The SMILES string of the molecule is CCCC(CC)Oc1cc2c(Nc3c(OC)ccc(-c4ccco4)c3F)ncnc2cc1OC. The fraction of sp³-hybridized carbons (Fsp3) is 0.308. The van der Waals surface area contributed by atoms with E-state index in [-0.39, 0.29) is 11.8 Å². The van der Waals surface area contributed by atoms with Crippen LogP contribution in [0.15, 0.2) is 53.4 Å². The molecule has 4 aromatic rings. The molecule has 178 valence electrons. The average Bonchev–Trinajstić information content (AvgIpc) is 3.39. The van der Waals surface area contributed by atoms with Crippen molar-refractivity contribution in [2.75, 3.05) is 19.5 Å². The fourth-order valence-electron chi connectivity index (χ4n) is 3.85. The second-order valence-corrected chi connectivity index (χ2v) is 7.79. The summed E-state index contributed by atoms with van der Waals surface area (Å²) in [5.41, 5.74) is 1.08. The molecule has 1 unspecified atom stereocenters. The van der Waals surface area contributed by atoms with E-state index in [9.17, 15) is 0 Å². The molecule has 0 saturated heterocycles. The van der Waals surface area contributed by atoms with Crippen LogP contribution < -0.4 is 19.5 Å². The van der Waals surface area contributed by atoms with Crippen molar-refractivity contribution >= 4 is 22.4 Å². The highest BCUT2D eigenvalue weighted by Gasteiger charge is 2.20. The van der Waals surface area contributed by atoms with Crippen molar-refractivity contribution in [3.8, 4) is 28.6 Å². The fourth-order valence-corrected chi connectivity index (χ4v) is 3.85. The van der Waals surface area contributed by atoms with Gasteiger partial charge < -0.3 is 23.9 Å². The Kier molecular flexibility index (Phi) is 7.15. The summed E-state index contributed by atoms with van der Waals surface area (Å²) in [4.78, 5) is 8.74.